The van der Waals surface area contributed by atoms with Gasteiger partial charge in [-0.2, -0.15) is 0 Å². The third-order valence-corrected chi connectivity index (χ3v) is 4.31. The Bertz CT molecular complexity index is 962. The minimum Gasteiger partial charge on any atom is -0.322 e. The quantitative estimate of drug-likeness (QED) is 0.717. The maximum Gasteiger partial charge on any atom is 0.263 e. The summed E-state index contributed by atoms with van der Waals surface area (Å²) in [5.74, 6) is -0.405. The van der Waals surface area contributed by atoms with Crippen LogP contribution in [0.3, 0.4) is 0 Å². The zero-order valence-corrected chi connectivity index (χ0v) is 15.3. The van der Waals surface area contributed by atoms with Crippen molar-refractivity contribution in [1.29, 1.82) is 0 Å². The third-order valence-electron chi connectivity index (χ3n) is 3.82. The molecule has 3 aromatic rings. The number of anilines is 1. The van der Waals surface area contributed by atoms with E-state index in [1.54, 1.807) is 18.3 Å². The Morgan fingerprint density at radius 1 is 1.08 bits per heavy atom. The first-order valence-corrected chi connectivity index (χ1v) is 8.64. The van der Waals surface area contributed by atoms with Crippen molar-refractivity contribution in [2.45, 2.75) is 13.5 Å². The highest BCUT2D eigenvalue weighted by molar-refractivity contribution is 9.10. The minimum atomic E-state index is -0.405. The van der Waals surface area contributed by atoms with Gasteiger partial charge in [0.25, 0.3) is 11.5 Å². The molecule has 1 aromatic heterocycles. The van der Waals surface area contributed by atoms with Gasteiger partial charge in [0.1, 0.15) is 5.56 Å². The molecule has 0 fully saturated rings. The van der Waals surface area contributed by atoms with Crippen LogP contribution in [0.1, 0.15) is 21.5 Å². The van der Waals surface area contributed by atoms with Gasteiger partial charge in [-0.3, -0.25) is 9.59 Å². The van der Waals surface area contributed by atoms with E-state index >= 15 is 0 Å². The molecule has 0 aliphatic carbocycles. The highest BCUT2D eigenvalue weighted by Crippen LogP contribution is 2.13. The van der Waals surface area contributed by atoms with Crippen LogP contribution < -0.4 is 10.9 Å². The molecule has 0 bridgehead atoms. The molecule has 0 aliphatic heterocycles. The van der Waals surface area contributed by atoms with Crippen molar-refractivity contribution in [1.82, 2.24) is 4.57 Å². The van der Waals surface area contributed by atoms with E-state index in [1.165, 1.54) is 4.57 Å². The zero-order chi connectivity index (χ0) is 17.8. The molecule has 0 atom stereocenters. The predicted octanol–water partition coefficient (Wildman–Crippen LogP) is 4.22. The molecule has 25 heavy (non-hydrogen) atoms. The number of rotatable bonds is 4. The summed E-state index contributed by atoms with van der Waals surface area (Å²) in [7, 11) is 0. The van der Waals surface area contributed by atoms with Gasteiger partial charge in [-0.1, -0.05) is 45.8 Å². The van der Waals surface area contributed by atoms with Gasteiger partial charge in [-0.05, 0) is 48.9 Å². The van der Waals surface area contributed by atoms with E-state index in [9.17, 15) is 9.59 Å². The molecule has 0 unspecified atom stereocenters. The number of carbonyl (C=O) groups is 1. The van der Waals surface area contributed by atoms with Gasteiger partial charge in [0, 0.05) is 16.4 Å². The lowest BCUT2D eigenvalue weighted by atomic mass is 10.2. The fourth-order valence-corrected chi connectivity index (χ4v) is 2.95. The summed E-state index contributed by atoms with van der Waals surface area (Å²) in [4.78, 5) is 25.1. The van der Waals surface area contributed by atoms with E-state index in [0.29, 0.717) is 12.2 Å². The van der Waals surface area contributed by atoms with Crippen molar-refractivity contribution in [2.24, 2.45) is 0 Å². The summed E-state index contributed by atoms with van der Waals surface area (Å²) in [5.41, 5.74) is 2.56. The first kappa shape index (κ1) is 17.2. The molecule has 126 valence electrons. The largest absolute Gasteiger partial charge is 0.322 e. The standard InChI is InChI=1S/C20H17BrN2O2/c1-14-7-9-17(10-8-14)22-19(24)18-6-3-11-23(20(18)25)13-15-4-2-5-16(21)12-15/h2-12H,13H2,1H3,(H,22,24). The van der Waals surface area contributed by atoms with E-state index in [-0.39, 0.29) is 11.1 Å². The second kappa shape index (κ2) is 7.49. The molecular weight excluding hydrogens is 380 g/mol. The van der Waals surface area contributed by atoms with Crippen molar-refractivity contribution < 1.29 is 4.79 Å². The van der Waals surface area contributed by atoms with Gasteiger partial charge in [0.2, 0.25) is 0 Å². The Hall–Kier alpha value is -2.66. The number of amides is 1. The van der Waals surface area contributed by atoms with Gasteiger partial charge < -0.3 is 9.88 Å². The second-order valence-corrected chi connectivity index (χ2v) is 6.72. The number of hydrogen-bond acceptors (Lipinski definition) is 2. The minimum absolute atomic E-state index is 0.123. The van der Waals surface area contributed by atoms with E-state index < -0.39 is 5.91 Å². The Morgan fingerprint density at radius 2 is 1.84 bits per heavy atom. The lowest BCUT2D eigenvalue weighted by Gasteiger charge is -2.09. The second-order valence-electron chi connectivity index (χ2n) is 5.80. The van der Waals surface area contributed by atoms with Crippen LogP contribution in [-0.4, -0.2) is 10.5 Å². The molecule has 1 heterocycles. The zero-order valence-electron chi connectivity index (χ0n) is 13.7. The highest BCUT2D eigenvalue weighted by Gasteiger charge is 2.12. The van der Waals surface area contributed by atoms with E-state index in [4.69, 9.17) is 0 Å². The normalized spacial score (nSPS) is 10.5. The Kier molecular flexibility index (Phi) is 5.14. The fourth-order valence-electron chi connectivity index (χ4n) is 2.50. The molecule has 1 N–H and O–H groups in total. The molecule has 0 radical (unpaired) electrons. The van der Waals surface area contributed by atoms with Crippen LogP contribution in [0.5, 0.6) is 0 Å². The molecule has 4 nitrogen and oxygen atoms in total. The number of aromatic nitrogens is 1. The van der Waals surface area contributed by atoms with Crippen LogP contribution in [0.4, 0.5) is 5.69 Å². The lowest BCUT2D eigenvalue weighted by molar-refractivity contribution is 0.102. The first-order valence-electron chi connectivity index (χ1n) is 7.85. The van der Waals surface area contributed by atoms with Crippen LogP contribution in [0.25, 0.3) is 0 Å². The highest BCUT2D eigenvalue weighted by atomic mass is 79.9. The predicted molar refractivity (Wildman–Crippen MR) is 103 cm³/mol. The molecule has 5 heteroatoms. The summed E-state index contributed by atoms with van der Waals surface area (Å²) in [6, 6.07) is 18.4. The number of nitrogens with one attached hydrogen (secondary N) is 1. The summed E-state index contributed by atoms with van der Waals surface area (Å²) >= 11 is 3.42. The molecule has 0 saturated heterocycles. The Balaban J connectivity index is 1.84. The first-order chi connectivity index (χ1) is 12.0. The van der Waals surface area contributed by atoms with E-state index in [2.05, 4.69) is 21.2 Å². The summed E-state index contributed by atoms with van der Waals surface area (Å²) < 4.78 is 2.48. The van der Waals surface area contributed by atoms with Crippen LogP contribution in [0.15, 0.2) is 76.1 Å². The summed E-state index contributed by atoms with van der Waals surface area (Å²) in [6.07, 6.45) is 1.69. The Labute approximate surface area is 154 Å². The molecular formula is C20H17BrN2O2. The van der Waals surface area contributed by atoms with Crippen LogP contribution in [-0.2, 0) is 6.54 Å². The molecule has 0 saturated carbocycles. The van der Waals surface area contributed by atoms with Gasteiger partial charge in [-0.15, -0.1) is 0 Å². The van der Waals surface area contributed by atoms with Crippen molar-refractivity contribution in [3.05, 3.63) is 98.4 Å². The van der Waals surface area contributed by atoms with Crippen molar-refractivity contribution in [3.63, 3.8) is 0 Å². The number of aryl methyl sites for hydroxylation is 1. The monoisotopic (exact) mass is 396 g/mol. The van der Waals surface area contributed by atoms with Gasteiger partial charge in [0.15, 0.2) is 0 Å². The average Bonchev–Trinajstić information content (AvgIpc) is 2.59. The number of halogens is 1. The topological polar surface area (TPSA) is 51.1 Å². The molecule has 1 amide bonds. The number of carbonyl (C=O) groups excluding carboxylic acids is 1. The number of pyridine rings is 1. The van der Waals surface area contributed by atoms with Crippen LogP contribution in [0.2, 0.25) is 0 Å². The van der Waals surface area contributed by atoms with Crippen molar-refractivity contribution in [2.75, 3.05) is 5.32 Å². The Morgan fingerprint density at radius 3 is 2.56 bits per heavy atom. The number of benzene rings is 2. The van der Waals surface area contributed by atoms with Gasteiger partial charge >= 0.3 is 0 Å². The average molecular weight is 397 g/mol. The van der Waals surface area contributed by atoms with Crippen molar-refractivity contribution in [3.8, 4) is 0 Å². The summed E-state index contributed by atoms with van der Waals surface area (Å²) in [6.45, 7) is 2.38. The number of hydrogen-bond donors (Lipinski definition) is 1. The van der Waals surface area contributed by atoms with E-state index in [0.717, 1.165) is 15.6 Å². The smallest absolute Gasteiger partial charge is 0.263 e. The van der Waals surface area contributed by atoms with E-state index in [1.807, 2.05) is 55.5 Å². The van der Waals surface area contributed by atoms with Crippen molar-refractivity contribution >= 4 is 27.5 Å². The number of nitrogens with zero attached hydrogens (tertiary/aromatic N) is 1. The van der Waals surface area contributed by atoms with Crippen LogP contribution >= 0.6 is 15.9 Å². The molecule has 3 rings (SSSR count). The maximum absolute atomic E-state index is 12.6. The molecule has 0 aliphatic rings. The fraction of sp³-hybridized carbons (Fsp3) is 0.100. The van der Waals surface area contributed by atoms with Gasteiger partial charge in [0.05, 0.1) is 6.54 Å². The van der Waals surface area contributed by atoms with Crippen LogP contribution in [0, 0.1) is 6.92 Å². The third kappa shape index (κ3) is 4.25. The SMILES string of the molecule is Cc1ccc(NC(=O)c2cccn(Cc3cccc(Br)c3)c2=O)cc1. The summed E-state index contributed by atoms with van der Waals surface area (Å²) in [5, 5.41) is 2.77. The molecule has 0 spiro atoms. The van der Waals surface area contributed by atoms with Gasteiger partial charge in [-0.25, -0.2) is 0 Å². The lowest BCUT2D eigenvalue weighted by Crippen LogP contribution is -2.29. The molecule has 2 aromatic carbocycles. The maximum atomic E-state index is 12.6.